The van der Waals surface area contributed by atoms with Crippen molar-refractivity contribution in [3.63, 3.8) is 0 Å². The van der Waals surface area contributed by atoms with Crippen molar-refractivity contribution in [3.05, 3.63) is 41.6 Å². The van der Waals surface area contributed by atoms with Crippen molar-refractivity contribution < 1.29 is 5.21 Å². The second-order valence-electron chi connectivity index (χ2n) is 3.69. The van der Waals surface area contributed by atoms with Crippen LogP contribution in [0.4, 0.5) is 5.69 Å². The number of nitrogens with one attached hydrogen (secondary N) is 1. The third kappa shape index (κ3) is 2.01. The molecule has 0 aliphatic heterocycles. The maximum atomic E-state index is 8.82. The average Bonchev–Trinajstić information content (AvgIpc) is 2.33. The zero-order valence-corrected chi connectivity index (χ0v) is 9.23. The molecule has 1 heterocycles. The van der Waals surface area contributed by atoms with Gasteiger partial charge in [-0.3, -0.25) is 10.7 Å². The van der Waals surface area contributed by atoms with Crippen LogP contribution in [0.15, 0.2) is 30.3 Å². The molecule has 0 saturated heterocycles. The van der Waals surface area contributed by atoms with Gasteiger partial charge in [-0.2, -0.15) is 10.2 Å². The van der Waals surface area contributed by atoms with E-state index in [2.05, 4.69) is 15.7 Å². The molecule has 0 aliphatic rings. The van der Waals surface area contributed by atoms with Crippen molar-refractivity contribution in [2.45, 2.75) is 13.8 Å². The highest BCUT2D eigenvalue weighted by molar-refractivity contribution is 5.64. The Morgan fingerprint density at radius 3 is 2.62 bits per heavy atom. The number of benzene rings is 1. The number of rotatable bonds is 2. The summed E-state index contributed by atoms with van der Waals surface area (Å²) in [6.07, 6.45) is 0. The number of nitrogens with zero attached hydrogens (tertiary/aromatic N) is 2. The van der Waals surface area contributed by atoms with Gasteiger partial charge in [-0.15, -0.1) is 0 Å². The van der Waals surface area contributed by atoms with Crippen molar-refractivity contribution in [1.29, 1.82) is 0 Å². The summed E-state index contributed by atoms with van der Waals surface area (Å²) >= 11 is 0. The minimum atomic E-state index is 0.637. The molecule has 0 amide bonds. The number of anilines is 1. The smallest absolute Gasteiger partial charge is 0.0933 e. The first-order valence-electron chi connectivity index (χ1n) is 5.02. The van der Waals surface area contributed by atoms with Crippen molar-refractivity contribution >= 4 is 5.69 Å². The van der Waals surface area contributed by atoms with Crippen molar-refractivity contribution in [3.8, 4) is 11.3 Å². The second-order valence-corrected chi connectivity index (χ2v) is 3.69. The molecule has 0 spiro atoms. The van der Waals surface area contributed by atoms with E-state index in [1.54, 1.807) is 6.07 Å². The van der Waals surface area contributed by atoms with E-state index in [0.717, 1.165) is 22.5 Å². The van der Waals surface area contributed by atoms with E-state index >= 15 is 0 Å². The summed E-state index contributed by atoms with van der Waals surface area (Å²) in [4.78, 5) is 0. The van der Waals surface area contributed by atoms with Crippen LogP contribution in [0, 0.1) is 13.8 Å². The lowest BCUT2D eigenvalue weighted by atomic mass is 10.1. The Morgan fingerprint density at radius 1 is 1.12 bits per heavy atom. The van der Waals surface area contributed by atoms with Gasteiger partial charge in [0.05, 0.1) is 17.1 Å². The fourth-order valence-corrected chi connectivity index (χ4v) is 1.44. The lowest BCUT2D eigenvalue weighted by molar-refractivity contribution is 0.389. The lowest BCUT2D eigenvalue weighted by Gasteiger charge is -2.05. The third-order valence-electron chi connectivity index (χ3n) is 2.52. The van der Waals surface area contributed by atoms with Crippen LogP contribution in [0.5, 0.6) is 0 Å². The molecule has 2 N–H and O–H groups in total. The highest BCUT2D eigenvalue weighted by Crippen LogP contribution is 2.21. The Balaban J connectivity index is 2.46. The molecule has 82 valence electrons. The topological polar surface area (TPSA) is 58.0 Å². The van der Waals surface area contributed by atoms with Gasteiger partial charge in [-0.05, 0) is 37.6 Å². The minimum absolute atomic E-state index is 0.637. The van der Waals surface area contributed by atoms with Crippen molar-refractivity contribution in [2.75, 3.05) is 5.48 Å². The summed E-state index contributed by atoms with van der Waals surface area (Å²) in [5.74, 6) is 0. The highest BCUT2D eigenvalue weighted by Gasteiger charge is 2.03. The maximum Gasteiger partial charge on any atom is 0.0933 e. The van der Waals surface area contributed by atoms with Gasteiger partial charge in [0.2, 0.25) is 0 Å². The van der Waals surface area contributed by atoms with Gasteiger partial charge in [-0.1, -0.05) is 12.1 Å². The van der Waals surface area contributed by atoms with Gasteiger partial charge >= 0.3 is 0 Å². The van der Waals surface area contributed by atoms with Crippen LogP contribution >= 0.6 is 0 Å². The number of hydrogen-bond donors (Lipinski definition) is 2. The summed E-state index contributed by atoms with van der Waals surface area (Å²) in [7, 11) is 0. The van der Waals surface area contributed by atoms with Gasteiger partial charge in [0.15, 0.2) is 0 Å². The van der Waals surface area contributed by atoms with Gasteiger partial charge in [0.1, 0.15) is 0 Å². The first-order valence-corrected chi connectivity index (χ1v) is 5.02. The fourth-order valence-electron chi connectivity index (χ4n) is 1.44. The van der Waals surface area contributed by atoms with E-state index in [1.165, 1.54) is 0 Å². The number of aryl methyl sites for hydroxylation is 2. The molecule has 0 radical (unpaired) electrons. The molecule has 1 aromatic carbocycles. The third-order valence-corrected chi connectivity index (χ3v) is 2.52. The van der Waals surface area contributed by atoms with Crippen molar-refractivity contribution in [2.24, 2.45) is 0 Å². The molecular weight excluding hydrogens is 202 g/mol. The molecule has 0 atom stereocenters. The van der Waals surface area contributed by atoms with E-state index in [9.17, 15) is 0 Å². The van der Waals surface area contributed by atoms with Crippen LogP contribution in [0.25, 0.3) is 11.3 Å². The van der Waals surface area contributed by atoms with E-state index in [4.69, 9.17) is 5.21 Å². The minimum Gasteiger partial charge on any atom is -0.291 e. The summed E-state index contributed by atoms with van der Waals surface area (Å²) in [5.41, 5.74) is 6.52. The molecular formula is C12H13N3O. The predicted octanol–water partition coefficient (Wildman–Crippen LogP) is 2.56. The van der Waals surface area contributed by atoms with Crippen LogP contribution < -0.4 is 5.48 Å². The van der Waals surface area contributed by atoms with Crippen molar-refractivity contribution in [1.82, 2.24) is 10.2 Å². The SMILES string of the molecule is Cc1cc(-c2cccc(NO)c2)nnc1C. The Labute approximate surface area is 93.9 Å². The van der Waals surface area contributed by atoms with Gasteiger partial charge in [0, 0.05) is 5.56 Å². The molecule has 0 unspecified atom stereocenters. The molecule has 4 nitrogen and oxygen atoms in total. The zero-order chi connectivity index (χ0) is 11.5. The van der Waals surface area contributed by atoms with E-state index in [0.29, 0.717) is 5.69 Å². The lowest BCUT2D eigenvalue weighted by Crippen LogP contribution is -1.94. The first kappa shape index (κ1) is 10.6. The molecule has 0 aliphatic carbocycles. The second kappa shape index (κ2) is 4.28. The molecule has 2 rings (SSSR count). The predicted molar refractivity (Wildman–Crippen MR) is 62.4 cm³/mol. The summed E-state index contributed by atoms with van der Waals surface area (Å²) in [5, 5.41) is 17.0. The molecule has 0 bridgehead atoms. The van der Waals surface area contributed by atoms with Gasteiger partial charge < -0.3 is 0 Å². The monoisotopic (exact) mass is 215 g/mol. The van der Waals surface area contributed by atoms with Crippen LogP contribution in [0.3, 0.4) is 0 Å². The fraction of sp³-hybridized carbons (Fsp3) is 0.167. The largest absolute Gasteiger partial charge is 0.291 e. The molecule has 2 aromatic rings. The quantitative estimate of drug-likeness (QED) is 0.756. The normalized spacial score (nSPS) is 10.2. The zero-order valence-electron chi connectivity index (χ0n) is 9.23. The van der Waals surface area contributed by atoms with E-state index < -0.39 is 0 Å². The number of aromatic nitrogens is 2. The van der Waals surface area contributed by atoms with Crippen LogP contribution in [0.1, 0.15) is 11.3 Å². The van der Waals surface area contributed by atoms with Crippen LogP contribution in [-0.4, -0.2) is 15.4 Å². The standard InChI is InChI=1S/C12H13N3O/c1-8-6-12(14-13-9(8)2)10-4-3-5-11(7-10)15-16/h3-7,15-16H,1-2H3. The Morgan fingerprint density at radius 2 is 1.94 bits per heavy atom. The Bertz CT molecular complexity index is 511. The molecule has 16 heavy (non-hydrogen) atoms. The molecule has 1 aromatic heterocycles. The van der Waals surface area contributed by atoms with Crippen LogP contribution in [-0.2, 0) is 0 Å². The molecule has 0 fully saturated rings. The van der Waals surface area contributed by atoms with E-state index in [-0.39, 0.29) is 0 Å². The maximum absolute atomic E-state index is 8.82. The summed E-state index contributed by atoms with van der Waals surface area (Å²) in [6, 6.07) is 9.36. The number of hydrogen-bond acceptors (Lipinski definition) is 4. The van der Waals surface area contributed by atoms with Gasteiger partial charge in [0.25, 0.3) is 0 Å². The van der Waals surface area contributed by atoms with Gasteiger partial charge in [-0.25, -0.2) is 0 Å². The molecule has 0 saturated carbocycles. The van der Waals surface area contributed by atoms with E-state index in [1.807, 2.05) is 38.1 Å². The molecule has 4 heteroatoms. The Hall–Kier alpha value is -1.94. The first-order chi connectivity index (χ1) is 7.70. The Kier molecular flexibility index (Phi) is 2.83. The summed E-state index contributed by atoms with van der Waals surface area (Å²) in [6.45, 7) is 3.93. The summed E-state index contributed by atoms with van der Waals surface area (Å²) < 4.78 is 0. The highest BCUT2D eigenvalue weighted by atomic mass is 16.5. The average molecular weight is 215 g/mol. The van der Waals surface area contributed by atoms with Crippen LogP contribution in [0.2, 0.25) is 0 Å².